The monoisotopic (exact) mass is 834 g/mol. The summed E-state index contributed by atoms with van der Waals surface area (Å²) in [6, 6.07) is -7.78. The van der Waals surface area contributed by atoms with E-state index in [0.29, 0.717) is 12.8 Å². The molecule has 1 fully saturated rings. The largest absolute Gasteiger partial charge is 0.481 e. The molecule has 0 spiro atoms. The summed E-state index contributed by atoms with van der Waals surface area (Å²) in [7, 11) is 0. The van der Waals surface area contributed by atoms with Crippen molar-refractivity contribution in [2.45, 2.75) is 129 Å². The lowest BCUT2D eigenvalue weighted by molar-refractivity contribution is -0.144. The standard InChI is InChI=1S/C38H58N8O13/c1-8-11-23(32(53)37(58)40-19-27(48)39-17-9-2)42-35(56)26-12-10-18-46(26)38(59)31(21(5)6)45-36(57)30(20(3)4)44-34(55)25(14-16-29(51)52)43-33(54)24(41-22(7)47)13-15-28(49)50/h2,20-21,23-26,30-31H,8,10-19H2,1,3-7H3,(H,39,48)(H,40,58)(H,41,47)(H,42,56)(H,43,54)(H,44,55)(H,45,57)(H,49,50)(H,51,52)/t23-,24-,25-,26-,30-,31-/m0/s1. The van der Waals surface area contributed by atoms with Gasteiger partial charge in [0.05, 0.1) is 19.1 Å². The van der Waals surface area contributed by atoms with Crippen LogP contribution in [0.15, 0.2) is 0 Å². The van der Waals surface area contributed by atoms with Crippen LogP contribution in [-0.4, -0.2) is 136 Å². The number of carbonyl (C=O) groups excluding carboxylic acids is 9. The van der Waals surface area contributed by atoms with E-state index in [9.17, 15) is 57.8 Å². The van der Waals surface area contributed by atoms with Crippen molar-refractivity contribution in [3.05, 3.63) is 0 Å². The van der Waals surface area contributed by atoms with E-state index < -0.39 is 139 Å². The van der Waals surface area contributed by atoms with Crippen molar-refractivity contribution >= 4 is 65.0 Å². The number of carboxylic acids is 2. The van der Waals surface area contributed by atoms with Crippen molar-refractivity contribution in [2.75, 3.05) is 19.6 Å². The van der Waals surface area contributed by atoms with Crippen molar-refractivity contribution < 1.29 is 63.0 Å². The Morgan fingerprint density at radius 3 is 1.76 bits per heavy atom. The van der Waals surface area contributed by atoms with E-state index in [-0.39, 0.29) is 32.4 Å². The molecular formula is C38H58N8O13. The molecule has 59 heavy (non-hydrogen) atoms. The van der Waals surface area contributed by atoms with E-state index in [4.69, 9.17) is 11.5 Å². The fraction of sp³-hybridized carbons (Fsp3) is 0.658. The molecule has 9 N–H and O–H groups in total. The number of hydrogen-bond donors (Lipinski definition) is 9. The average molecular weight is 835 g/mol. The van der Waals surface area contributed by atoms with E-state index in [1.165, 1.54) is 4.90 Å². The number of Topliss-reactive ketones (excluding diaryl/α,β-unsaturated/α-hetero) is 1. The lowest BCUT2D eigenvalue weighted by Crippen LogP contribution is -2.61. The lowest BCUT2D eigenvalue weighted by atomic mass is 9.98. The van der Waals surface area contributed by atoms with E-state index in [1.807, 2.05) is 0 Å². The van der Waals surface area contributed by atoms with Crippen LogP contribution in [-0.2, 0) is 52.7 Å². The third kappa shape index (κ3) is 17.5. The molecule has 328 valence electrons. The third-order valence-electron chi connectivity index (χ3n) is 9.17. The Hall–Kier alpha value is -6.07. The molecule has 0 radical (unpaired) electrons. The molecule has 21 heteroatoms. The van der Waals surface area contributed by atoms with Crippen LogP contribution >= 0.6 is 0 Å². The zero-order valence-corrected chi connectivity index (χ0v) is 34.3. The van der Waals surface area contributed by atoms with Crippen LogP contribution < -0.4 is 37.2 Å². The first kappa shape index (κ1) is 50.9. The Kier molecular flexibility index (Phi) is 21.9. The lowest BCUT2D eigenvalue weighted by Gasteiger charge is -2.33. The van der Waals surface area contributed by atoms with Gasteiger partial charge < -0.3 is 52.3 Å². The zero-order valence-electron chi connectivity index (χ0n) is 34.3. The predicted octanol–water partition coefficient (Wildman–Crippen LogP) is -2.30. The minimum atomic E-state index is -1.53. The van der Waals surface area contributed by atoms with E-state index >= 15 is 0 Å². The molecule has 0 bridgehead atoms. The summed E-state index contributed by atoms with van der Waals surface area (Å²) in [4.78, 5) is 141. The number of rotatable bonds is 25. The molecule has 6 atom stereocenters. The van der Waals surface area contributed by atoms with Gasteiger partial charge in [-0.05, 0) is 43.9 Å². The smallest absolute Gasteiger partial charge is 0.303 e. The Bertz CT molecular complexity index is 1630. The van der Waals surface area contributed by atoms with Crippen LogP contribution in [0.1, 0.15) is 92.9 Å². The van der Waals surface area contributed by atoms with Gasteiger partial charge in [0.2, 0.25) is 47.1 Å². The molecule has 0 aliphatic carbocycles. The minimum Gasteiger partial charge on any atom is -0.481 e. The van der Waals surface area contributed by atoms with Crippen LogP contribution in [0.5, 0.6) is 0 Å². The van der Waals surface area contributed by atoms with Crippen molar-refractivity contribution in [1.29, 1.82) is 0 Å². The molecule has 0 unspecified atom stereocenters. The van der Waals surface area contributed by atoms with Crippen molar-refractivity contribution in [1.82, 2.24) is 42.1 Å². The summed E-state index contributed by atoms with van der Waals surface area (Å²) in [5.41, 5.74) is 0. The van der Waals surface area contributed by atoms with Gasteiger partial charge in [-0.2, -0.15) is 0 Å². The number of amides is 8. The van der Waals surface area contributed by atoms with Gasteiger partial charge in [-0.3, -0.25) is 52.7 Å². The molecule has 21 nitrogen and oxygen atoms in total. The van der Waals surface area contributed by atoms with E-state index in [2.05, 4.69) is 43.1 Å². The molecule has 0 aromatic heterocycles. The van der Waals surface area contributed by atoms with Crippen molar-refractivity contribution in [3.8, 4) is 12.3 Å². The molecule has 0 aromatic rings. The summed E-state index contributed by atoms with van der Waals surface area (Å²) in [6.45, 7) is 8.81. The fourth-order valence-electron chi connectivity index (χ4n) is 6.06. The molecular weight excluding hydrogens is 776 g/mol. The summed E-state index contributed by atoms with van der Waals surface area (Å²) in [6.07, 6.45) is 4.31. The first-order chi connectivity index (χ1) is 27.6. The fourth-order valence-corrected chi connectivity index (χ4v) is 6.06. The Morgan fingerprint density at radius 2 is 1.25 bits per heavy atom. The first-order valence-corrected chi connectivity index (χ1v) is 19.4. The number of terminal acetylenes is 1. The van der Waals surface area contributed by atoms with Crippen molar-refractivity contribution in [2.24, 2.45) is 11.8 Å². The molecule has 1 heterocycles. The second kappa shape index (κ2) is 25.3. The summed E-state index contributed by atoms with van der Waals surface area (Å²) < 4.78 is 0. The second-order valence-corrected chi connectivity index (χ2v) is 14.7. The van der Waals surface area contributed by atoms with Gasteiger partial charge in [0.25, 0.3) is 5.91 Å². The highest BCUT2D eigenvalue weighted by atomic mass is 16.4. The van der Waals surface area contributed by atoms with E-state index in [1.54, 1.807) is 34.6 Å². The second-order valence-electron chi connectivity index (χ2n) is 14.7. The van der Waals surface area contributed by atoms with Crippen LogP contribution in [0.25, 0.3) is 0 Å². The van der Waals surface area contributed by atoms with E-state index in [0.717, 1.165) is 6.92 Å². The zero-order chi connectivity index (χ0) is 45.0. The molecule has 1 aliphatic heterocycles. The Balaban J connectivity index is 3.20. The Morgan fingerprint density at radius 1 is 0.712 bits per heavy atom. The SMILES string of the molecule is C#CCNC(=O)CNC(=O)C(=O)[C@H](CCC)NC(=O)[C@@H]1CCCN1C(=O)[C@@H](NC(=O)[C@@H](NC(=O)[C@H](CCC(=O)O)NC(=O)[C@H](CCC(=O)O)NC(C)=O)C(C)C)C(C)C. The van der Waals surface area contributed by atoms with Gasteiger partial charge in [0.15, 0.2) is 0 Å². The van der Waals surface area contributed by atoms with Gasteiger partial charge in [0.1, 0.15) is 30.2 Å². The highest BCUT2D eigenvalue weighted by Gasteiger charge is 2.41. The quantitative estimate of drug-likeness (QED) is 0.0346. The summed E-state index contributed by atoms with van der Waals surface area (Å²) in [5.74, 6) is -8.98. The summed E-state index contributed by atoms with van der Waals surface area (Å²) >= 11 is 0. The highest BCUT2D eigenvalue weighted by Crippen LogP contribution is 2.21. The van der Waals surface area contributed by atoms with Crippen LogP contribution in [0, 0.1) is 24.2 Å². The third-order valence-corrected chi connectivity index (χ3v) is 9.17. The number of nitrogens with zero attached hydrogens (tertiary/aromatic N) is 1. The minimum absolute atomic E-state index is 0.0786. The maximum atomic E-state index is 14.0. The number of carbonyl (C=O) groups is 11. The van der Waals surface area contributed by atoms with Gasteiger partial charge in [-0.25, -0.2) is 0 Å². The molecule has 1 aliphatic rings. The molecule has 1 saturated heterocycles. The van der Waals surface area contributed by atoms with Gasteiger partial charge in [-0.15, -0.1) is 6.42 Å². The van der Waals surface area contributed by atoms with Crippen LogP contribution in [0.3, 0.4) is 0 Å². The molecule has 8 amide bonds. The normalized spacial score (nSPS) is 15.9. The number of likely N-dealkylation sites (tertiary alicyclic amines) is 1. The molecule has 0 saturated carbocycles. The number of ketones is 1. The maximum absolute atomic E-state index is 14.0. The van der Waals surface area contributed by atoms with Crippen LogP contribution in [0.2, 0.25) is 0 Å². The number of aliphatic carboxylic acids is 2. The number of hydrogen-bond acceptors (Lipinski definition) is 11. The van der Waals surface area contributed by atoms with Crippen LogP contribution in [0.4, 0.5) is 0 Å². The average Bonchev–Trinajstić information content (AvgIpc) is 3.66. The number of nitrogens with one attached hydrogen (secondary N) is 7. The molecule has 0 aromatic carbocycles. The topological polar surface area (TPSA) is 316 Å². The summed E-state index contributed by atoms with van der Waals surface area (Å²) in [5, 5.41) is 35.3. The van der Waals surface area contributed by atoms with Gasteiger partial charge in [0, 0.05) is 26.3 Å². The maximum Gasteiger partial charge on any atom is 0.303 e. The van der Waals surface area contributed by atoms with Gasteiger partial charge >= 0.3 is 11.9 Å². The Labute approximate surface area is 342 Å². The number of carboxylic acid groups (broad SMARTS) is 2. The first-order valence-electron chi connectivity index (χ1n) is 19.4. The predicted molar refractivity (Wildman–Crippen MR) is 208 cm³/mol. The van der Waals surface area contributed by atoms with Crippen molar-refractivity contribution in [3.63, 3.8) is 0 Å². The van der Waals surface area contributed by atoms with Gasteiger partial charge in [-0.1, -0.05) is 47.0 Å². The molecule has 1 rings (SSSR count). The highest BCUT2D eigenvalue weighted by molar-refractivity contribution is 6.38.